The summed E-state index contributed by atoms with van der Waals surface area (Å²) in [4.78, 5) is 0. The molecule has 0 aromatic rings. The standard InChI is InChI=1S/C8H17NO/c1-3-9-7-8(2)5-4-6-10-8/h9H,3-7H2,1-2H3. The Balaban J connectivity index is 2.22. The summed E-state index contributed by atoms with van der Waals surface area (Å²) in [7, 11) is 0. The van der Waals surface area contributed by atoms with Gasteiger partial charge in [-0.05, 0) is 26.3 Å². The topological polar surface area (TPSA) is 21.3 Å². The van der Waals surface area contributed by atoms with Crippen LogP contribution in [-0.2, 0) is 4.74 Å². The third-order valence-electron chi connectivity index (χ3n) is 2.05. The molecule has 1 rings (SSSR count). The molecule has 0 spiro atoms. The second kappa shape index (κ2) is 3.35. The minimum Gasteiger partial charge on any atom is -0.374 e. The van der Waals surface area contributed by atoms with Crippen LogP contribution in [0.4, 0.5) is 0 Å². The summed E-state index contributed by atoms with van der Waals surface area (Å²) in [5.41, 5.74) is 0.135. The lowest BCUT2D eigenvalue weighted by atomic mass is 10.0. The van der Waals surface area contributed by atoms with Crippen molar-refractivity contribution in [3.05, 3.63) is 0 Å². The van der Waals surface area contributed by atoms with Crippen molar-refractivity contribution in [2.45, 2.75) is 32.3 Å². The Labute approximate surface area is 63.0 Å². The molecule has 1 aliphatic heterocycles. The van der Waals surface area contributed by atoms with Gasteiger partial charge in [-0.25, -0.2) is 0 Å². The molecule has 1 fully saturated rings. The summed E-state index contributed by atoms with van der Waals surface area (Å²) in [6, 6.07) is 0. The fourth-order valence-corrected chi connectivity index (χ4v) is 1.37. The molecule has 1 heterocycles. The van der Waals surface area contributed by atoms with Gasteiger partial charge in [-0.1, -0.05) is 6.92 Å². The second-order valence-corrected chi connectivity index (χ2v) is 3.18. The lowest BCUT2D eigenvalue weighted by molar-refractivity contribution is 0.0213. The van der Waals surface area contributed by atoms with E-state index in [0.29, 0.717) is 0 Å². The van der Waals surface area contributed by atoms with Gasteiger partial charge < -0.3 is 10.1 Å². The summed E-state index contributed by atoms with van der Waals surface area (Å²) >= 11 is 0. The van der Waals surface area contributed by atoms with Crippen LogP contribution >= 0.6 is 0 Å². The van der Waals surface area contributed by atoms with E-state index in [0.717, 1.165) is 19.7 Å². The van der Waals surface area contributed by atoms with Crippen LogP contribution in [0.5, 0.6) is 0 Å². The number of hydrogen-bond acceptors (Lipinski definition) is 2. The quantitative estimate of drug-likeness (QED) is 0.640. The molecule has 2 heteroatoms. The molecular formula is C8H17NO. The zero-order valence-electron chi connectivity index (χ0n) is 6.94. The van der Waals surface area contributed by atoms with E-state index in [1.165, 1.54) is 12.8 Å². The molecule has 1 N–H and O–H groups in total. The van der Waals surface area contributed by atoms with Crippen LogP contribution in [0.25, 0.3) is 0 Å². The average molecular weight is 143 g/mol. The number of rotatable bonds is 3. The predicted molar refractivity (Wildman–Crippen MR) is 42.1 cm³/mol. The molecule has 10 heavy (non-hydrogen) atoms. The summed E-state index contributed by atoms with van der Waals surface area (Å²) in [6.45, 7) is 7.30. The van der Waals surface area contributed by atoms with Gasteiger partial charge in [0.05, 0.1) is 5.60 Å². The van der Waals surface area contributed by atoms with Crippen molar-refractivity contribution in [3.8, 4) is 0 Å². The van der Waals surface area contributed by atoms with Crippen LogP contribution in [0.15, 0.2) is 0 Å². The van der Waals surface area contributed by atoms with E-state index >= 15 is 0 Å². The molecule has 0 aromatic carbocycles. The fraction of sp³-hybridized carbons (Fsp3) is 1.00. The SMILES string of the molecule is CCNCC1(C)CCCO1. The monoisotopic (exact) mass is 143 g/mol. The highest BCUT2D eigenvalue weighted by atomic mass is 16.5. The van der Waals surface area contributed by atoms with E-state index in [9.17, 15) is 0 Å². The highest BCUT2D eigenvalue weighted by Gasteiger charge is 2.28. The summed E-state index contributed by atoms with van der Waals surface area (Å²) in [6.07, 6.45) is 2.43. The molecular weight excluding hydrogens is 126 g/mol. The number of ether oxygens (including phenoxy) is 1. The maximum Gasteiger partial charge on any atom is 0.0779 e. The van der Waals surface area contributed by atoms with Crippen molar-refractivity contribution in [2.75, 3.05) is 19.7 Å². The van der Waals surface area contributed by atoms with Crippen molar-refractivity contribution in [3.63, 3.8) is 0 Å². The minimum atomic E-state index is 0.135. The van der Waals surface area contributed by atoms with E-state index in [1.807, 2.05) is 0 Å². The molecule has 1 aliphatic rings. The Morgan fingerprint density at radius 3 is 2.90 bits per heavy atom. The number of nitrogens with one attached hydrogen (secondary N) is 1. The minimum absolute atomic E-state index is 0.135. The molecule has 0 aliphatic carbocycles. The number of hydrogen-bond donors (Lipinski definition) is 1. The number of likely N-dealkylation sites (N-methyl/N-ethyl adjacent to an activating group) is 1. The maximum absolute atomic E-state index is 5.58. The van der Waals surface area contributed by atoms with Crippen LogP contribution in [0.1, 0.15) is 26.7 Å². The van der Waals surface area contributed by atoms with Crippen LogP contribution in [0.3, 0.4) is 0 Å². The zero-order valence-corrected chi connectivity index (χ0v) is 6.94. The molecule has 0 amide bonds. The third kappa shape index (κ3) is 1.96. The molecule has 2 nitrogen and oxygen atoms in total. The maximum atomic E-state index is 5.58. The summed E-state index contributed by atoms with van der Waals surface area (Å²) in [5, 5.41) is 3.31. The molecule has 0 bridgehead atoms. The lowest BCUT2D eigenvalue weighted by Crippen LogP contribution is -2.36. The normalized spacial score (nSPS) is 33.0. The van der Waals surface area contributed by atoms with Crippen LogP contribution in [-0.4, -0.2) is 25.3 Å². The van der Waals surface area contributed by atoms with Gasteiger partial charge in [0.1, 0.15) is 0 Å². The largest absolute Gasteiger partial charge is 0.374 e. The molecule has 1 unspecified atom stereocenters. The van der Waals surface area contributed by atoms with Crippen LogP contribution in [0.2, 0.25) is 0 Å². The van der Waals surface area contributed by atoms with Crippen molar-refractivity contribution in [2.24, 2.45) is 0 Å². The molecule has 0 aromatic heterocycles. The van der Waals surface area contributed by atoms with Crippen molar-refractivity contribution < 1.29 is 4.74 Å². The van der Waals surface area contributed by atoms with Gasteiger partial charge in [0.2, 0.25) is 0 Å². The first kappa shape index (κ1) is 8.02. The summed E-state index contributed by atoms with van der Waals surface area (Å²) < 4.78 is 5.58. The van der Waals surface area contributed by atoms with E-state index in [4.69, 9.17) is 4.74 Å². The van der Waals surface area contributed by atoms with Gasteiger partial charge in [0, 0.05) is 13.2 Å². The van der Waals surface area contributed by atoms with Gasteiger partial charge in [0.15, 0.2) is 0 Å². The average Bonchev–Trinajstić information content (AvgIpc) is 2.33. The van der Waals surface area contributed by atoms with E-state index in [-0.39, 0.29) is 5.60 Å². The predicted octanol–water partition coefficient (Wildman–Crippen LogP) is 1.16. The first-order valence-corrected chi connectivity index (χ1v) is 4.11. The fourth-order valence-electron chi connectivity index (χ4n) is 1.37. The van der Waals surface area contributed by atoms with Crippen molar-refractivity contribution in [1.29, 1.82) is 0 Å². The van der Waals surface area contributed by atoms with Gasteiger partial charge in [-0.3, -0.25) is 0 Å². The first-order valence-electron chi connectivity index (χ1n) is 4.11. The Morgan fingerprint density at radius 2 is 2.40 bits per heavy atom. The van der Waals surface area contributed by atoms with E-state index < -0.39 is 0 Å². The van der Waals surface area contributed by atoms with Gasteiger partial charge in [-0.15, -0.1) is 0 Å². The Morgan fingerprint density at radius 1 is 1.60 bits per heavy atom. The Kier molecular flexibility index (Phi) is 2.69. The van der Waals surface area contributed by atoms with E-state index in [1.54, 1.807) is 0 Å². The van der Waals surface area contributed by atoms with Crippen LogP contribution in [0, 0.1) is 0 Å². The van der Waals surface area contributed by atoms with E-state index in [2.05, 4.69) is 19.2 Å². The van der Waals surface area contributed by atoms with Gasteiger partial charge >= 0.3 is 0 Å². The Hall–Kier alpha value is -0.0800. The smallest absolute Gasteiger partial charge is 0.0779 e. The molecule has 0 radical (unpaired) electrons. The molecule has 1 atom stereocenters. The van der Waals surface area contributed by atoms with Gasteiger partial charge in [-0.2, -0.15) is 0 Å². The van der Waals surface area contributed by atoms with Crippen LogP contribution < -0.4 is 5.32 Å². The highest BCUT2D eigenvalue weighted by Crippen LogP contribution is 2.23. The Bertz CT molecular complexity index is 97.4. The van der Waals surface area contributed by atoms with Gasteiger partial charge in [0.25, 0.3) is 0 Å². The molecule has 0 saturated carbocycles. The highest BCUT2D eigenvalue weighted by molar-refractivity contribution is 4.81. The lowest BCUT2D eigenvalue weighted by Gasteiger charge is -2.22. The summed E-state index contributed by atoms with van der Waals surface area (Å²) in [5.74, 6) is 0. The molecule has 60 valence electrons. The van der Waals surface area contributed by atoms with Crippen molar-refractivity contribution >= 4 is 0 Å². The first-order chi connectivity index (χ1) is 4.77. The second-order valence-electron chi connectivity index (χ2n) is 3.18. The zero-order chi connectivity index (χ0) is 7.45. The third-order valence-corrected chi connectivity index (χ3v) is 2.05. The molecule has 1 saturated heterocycles. The van der Waals surface area contributed by atoms with Crippen molar-refractivity contribution in [1.82, 2.24) is 5.32 Å².